The smallest absolute Gasteiger partial charge is 0.233 e. The predicted molar refractivity (Wildman–Crippen MR) is 121 cm³/mol. The van der Waals surface area contributed by atoms with Crippen LogP contribution in [0.25, 0.3) is 0 Å². The molecule has 0 saturated heterocycles. The van der Waals surface area contributed by atoms with Crippen molar-refractivity contribution in [2.24, 2.45) is 5.92 Å². The van der Waals surface area contributed by atoms with E-state index in [9.17, 15) is 4.79 Å². The number of thiazole rings is 1. The molecule has 1 atom stereocenters. The number of benzene rings is 2. The van der Waals surface area contributed by atoms with Gasteiger partial charge in [0, 0.05) is 22.5 Å². The monoisotopic (exact) mass is 424 g/mol. The summed E-state index contributed by atoms with van der Waals surface area (Å²) in [6.45, 7) is 0. The SMILES string of the molecule is O=C(Nc1ncc(Cc2ccccc2Cl)s1)C(c1ccccc1)C1CCCCC1. The van der Waals surface area contributed by atoms with E-state index in [0.29, 0.717) is 11.0 Å². The molecule has 0 bridgehead atoms. The zero-order valence-electron chi connectivity index (χ0n) is 16.3. The Balaban J connectivity index is 1.49. The minimum atomic E-state index is -0.118. The average molecular weight is 425 g/mol. The lowest BCUT2D eigenvalue weighted by Gasteiger charge is -2.29. The second-order valence-corrected chi connectivity index (χ2v) is 9.20. The molecule has 1 heterocycles. The number of hydrogen-bond donors (Lipinski definition) is 1. The van der Waals surface area contributed by atoms with Crippen LogP contribution in [0.15, 0.2) is 60.8 Å². The Labute approximate surface area is 181 Å². The van der Waals surface area contributed by atoms with Gasteiger partial charge in [-0.3, -0.25) is 4.79 Å². The number of carbonyl (C=O) groups excluding carboxylic acids is 1. The molecule has 1 unspecified atom stereocenters. The van der Waals surface area contributed by atoms with Crippen molar-refractivity contribution in [2.75, 3.05) is 5.32 Å². The van der Waals surface area contributed by atoms with Gasteiger partial charge in [-0.15, -0.1) is 11.3 Å². The Morgan fingerprint density at radius 3 is 2.55 bits per heavy atom. The maximum absolute atomic E-state index is 13.3. The Bertz CT molecular complexity index is 950. The first-order valence-corrected chi connectivity index (χ1v) is 11.4. The summed E-state index contributed by atoms with van der Waals surface area (Å²) in [6.07, 6.45) is 8.48. The standard InChI is InChI=1S/C24H25ClN2OS/c25-21-14-8-7-13-19(21)15-20-16-26-24(29-20)27-23(28)22(17-9-3-1-4-10-17)18-11-5-2-6-12-18/h1,3-4,7-10,13-14,16,18,22H,2,5-6,11-12,15H2,(H,26,27,28). The third-order valence-electron chi connectivity index (χ3n) is 5.67. The molecule has 1 aliphatic rings. The quantitative estimate of drug-likeness (QED) is 0.478. The van der Waals surface area contributed by atoms with E-state index < -0.39 is 0 Å². The van der Waals surface area contributed by atoms with Crippen LogP contribution >= 0.6 is 22.9 Å². The first-order chi connectivity index (χ1) is 14.2. The largest absolute Gasteiger partial charge is 0.301 e. The molecule has 1 N–H and O–H groups in total. The lowest BCUT2D eigenvalue weighted by Crippen LogP contribution is -2.28. The van der Waals surface area contributed by atoms with E-state index in [1.165, 1.54) is 30.6 Å². The molecule has 1 aliphatic carbocycles. The first kappa shape index (κ1) is 20.1. The van der Waals surface area contributed by atoms with E-state index in [1.807, 2.05) is 48.7 Å². The van der Waals surface area contributed by atoms with E-state index in [2.05, 4.69) is 22.4 Å². The fourth-order valence-electron chi connectivity index (χ4n) is 4.23. The number of halogens is 1. The van der Waals surface area contributed by atoms with Crippen LogP contribution in [0.1, 0.15) is 54.0 Å². The molecule has 1 fully saturated rings. The van der Waals surface area contributed by atoms with Gasteiger partial charge in [-0.25, -0.2) is 4.98 Å². The zero-order valence-corrected chi connectivity index (χ0v) is 17.9. The maximum Gasteiger partial charge on any atom is 0.233 e. The van der Waals surface area contributed by atoms with Crippen molar-refractivity contribution in [3.05, 3.63) is 81.8 Å². The number of carbonyl (C=O) groups is 1. The average Bonchev–Trinajstić information content (AvgIpc) is 3.18. The maximum atomic E-state index is 13.3. The number of nitrogens with zero attached hydrogens (tertiary/aromatic N) is 1. The van der Waals surface area contributed by atoms with Crippen molar-refractivity contribution in [1.82, 2.24) is 4.98 Å². The molecule has 4 rings (SSSR count). The minimum Gasteiger partial charge on any atom is -0.301 e. The van der Waals surface area contributed by atoms with Crippen LogP contribution in [-0.2, 0) is 11.2 Å². The fourth-order valence-corrected chi connectivity index (χ4v) is 5.27. The molecule has 3 nitrogen and oxygen atoms in total. The van der Waals surface area contributed by atoms with Gasteiger partial charge in [0.15, 0.2) is 5.13 Å². The van der Waals surface area contributed by atoms with Gasteiger partial charge in [0.25, 0.3) is 0 Å². The highest BCUT2D eigenvalue weighted by Crippen LogP contribution is 2.37. The first-order valence-electron chi connectivity index (χ1n) is 10.2. The van der Waals surface area contributed by atoms with Crippen LogP contribution in [0.4, 0.5) is 5.13 Å². The molecular weight excluding hydrogens is 400 g/mol. The summed E-state index contributed by atoms with van der Waals surface area (Å²) < 4.78 is 0. The van der Waals surface area contributed by atoms with Crippen LogP contribution in [0, 0.1) is 5.92 Å². The number of amides is 1. The van der Waals surface area contributed by atoms with Crippen LogP contribution in [0.3, 0.4) is 0 Å². The van der Waals surface area contributed by atoms with Crippen LogP contribution in [0.5, 0.6) is 0 Å². The summed E-state index contributed by atoms with van der Waals surface area (Å²) in [6, 6.07) is 18.0. The van der Waals surface area contributed by atoms with Crippen molar-refractivity contribution >= 4 is 34.0 Å². The molecule has 5 heteroatoms. The molecule has 1 amide bonds. The Morgan fingerprint density at radius 2 is 1.79 bits per heavy atom. The van der Waals surface area contributed by atoms with Crippen molar-refractivity contribution in [3.8, 4) is 0 Å². The lowest BCUT2D eigenvalue weighted by atomic mass is 9.76. The van der Waals surface area contributed by atoms with Gasteiger partial charge in [-0.2, -0.15) is 0 Å². The van der Waals surface area contributed by atoms with Gasteiger partial charge >= 0.3 is 0 Å². The van der Waals surface area contributed by atoms with Gasteiger partial charge in [0.05, 0.1) is 5.92 Å². The summed E-state index contributed by atoms with van der Waals surface area (Å²) in [5.41, 5.74) is 2.17. The number of rotatable bonds is 6. The highest BCUT2D eigenvalue weighted by Gasteiger charge is 2.31. The van der Waals surface area contributed by atoms with Crippen molar-refractivity contribution < 1.29 is 4.79 Å². The third-order valence-corrected chi connectivity index (χ3v) is 6.95. The van der Waals surface area contributed by atoms with E-state index in [0.717, 1.165) is 40.3 Å². The summed E-state index contributed by atoms with van der Waals surface area (Å²) in [5.74, 6) is 0.336. The molecule has 29 heavy (non-hydrogen) atoms. The Hall–Kier alpha value is -2.17. The molecule has 1 aromatic heterocycles. The molecule has 1 saturated carbocycles. The van der Waals surface area contributed by atoms with Crippen LogP contribution in [0.2, 0.25) is 5.02 Å². The van der Waals surface area contributed by atoms with Gasteiger partial charge in [-0.1, -0.05) is 79.4 Å². The van der Waals surface area contributed by atoms with Crippen molar-refractivity contribution in [3.63, 3.8) is 0 Å². The van der Waals surface area contributed by atoms with Crippen molar-refractivity contribution in [1.29, 1.82) is 0 Å². The minimum absolute atomic E-state index is 0.0572. The highest BCUT2D eigenvalue weighted by molar-refractivity contribution is 7.15. The van der Waals surface area contributed by atoms with E-state index in [1.54, 1.807) is 0 Å². The molecule has 3 aromatic rings. The van der Waals surface area contributed by atoms with Gasteiger partial charge < -0.3 is 5.32 Å². The van der Waals surface area contributed by atoms with Crippen LogP contribution in [-0.4, -0.2) is 10.9 Å². The van der Waals surface area contributed by atoms with E-state index in [4.69, 9.17) is 11.6 Å². The Kier molecular flexibility index (Phi) is 6.63. The van der Waals surface area contributed by atoms with Crippen molar-refractivity contribution in [2.45, 2.75) is 44.4 Å². The van der Waals surface area contributed by atoms with E-state index in [-0.39, 0.29) is 11.8 Å². The summed E-state index contributed by atoms with van der Waals surface area (Å²) in [4.78, 5) is 18.8. The van der Waals surface area contributed by atoms with Gasteiger partial charge in [0.1, 0.15) is 0 Å². The second kappa shape index (κ2) is 9.55. The predicted octanol–water partition coefficient (Wildman–Crippen LogP) is 6.69. The highest BCUT2D eigenvalue weighted by atomic mass is 35.5. The Morgan fingerprint density at radius 1 is 1.07 bits per heavy atom. The number of aromatic nitrogens is 1. The summed E-state index contributed by atoms with van der Waals surface area (Å²) in [7, 11) is 0. The van der Waals surface area contributed by atoms with Gasteiger partial charge in [-0.05, 0) is 36.0 Å². The van der Waals surface area contributed by atoms with E-state index >= 15 is 0 Å². The zero-order chi connectivity index (χ0) is 20.1. The molecular formula is C24H25ClN2OS. The second-order valence-electron chi connectivity index (χ2n) is 7.68. The normalized spacial score (nSPS) is 15.8. The molecule has 2 aromatic carbocycles. The molecule has 150 valence electrons. The fraction of sp³-hybridized carbons (Fsp3) is 0.333. The lowest BCUT2D eigenvalue weighted by molar-refractivity contribution is -0.119. The summed E-state index contributed by atoms with van der Waals surface area (Å²) >= 11 is 7.80. The number of nitrogens with one attached hydrogen (secondary N) is 1. The third kappa shape index (κ3) is 5.06. The number of hydrogen-bond acceptors (Lipinski definition) is 3. The topological polar surface area (TPSA) is 42.0 Å². The molecule has 0 spiro atoms. The van der Waals surface area contributed by atoms with Crippen LogP contribution < -0.4 is 5.32 Å². The summed E-state index contributed by atoms with van der Waals surface area (Å²) in [5, 5.41) is 4.51. The molecule has 0 aliphatic heterocycles. The molecule has 0 radical (unpaired) electrons. The van der Waals surface area contributed by atoms with Gasteiger partial charge in [0.2, 0.25) is 5.91 Å². The number of anilines is 1.